The zero-order valence-electron chi connectivity index (χ0n) is 10.2. The molecule has 0 fully saturated rings. The van der Waals surface area contributed by atoms with E-state index < -0.39 is 5.97 Å². The first-order valence-electron chi connectivity index (χ1n) is 5.53. The number of nitriles is 1. The number of rotatable bonds is 4. The molecule has 0 radical (unpaired) electrons. The molecule has 6 heteroatoms. The second-order valence-electron chi connectivity index (χ2n) is 3.85. The fraction of sp³-hybridized carbons (Fsp3) is 0.154. The molecule has 0 aliphatic carbocycles. The minimum atomic E-state index is -1.02. The summed E-state index contributed by atoms with van der Waals surface area (Å²) >= 11 is 0. The molecule has 2 rings (SSSR count). The van der Waals surface area contributed by atoms with Gasteiger partial charge < -0.3 is 14.8 Å². The monoisotopic (exact) mass is 257 g/mol. The lowest BCUT2D eigenvalue weighted by Gasteiger charge is -2.04. The zero-order chi connectivity index (χ0) is 13.8. The highest BCUT2D eigenvalue weighted by atomic mass is 16.4. The summed E-state index contributed by atoms with van der Waals surface area (Å²) in [4.78, 5) is 14.9. The van der Waals surface area contributed by atoms with Crippen LogP contribution in [0.4, 0.5) is 5.82 Å². The van der Waals surface area contributed by atoms with Gasteiger partial charge in [0.1, 0.15) is 29.0 Å². The summed E-state index contributed by atoms with van der Waals surface area (Å²) in [7, 11) is 0. The average molecular weight is 257 g/mol. The number of nitrogens with zero attached hydrogens (tertiary/aromatic N) is 2. The third-order valence-corrected chi connectivity index (χ3v) is 2.56. The van der Waals surface area contributed by atoms with Crippen LogP contribution in [0.1, 0.15) is 27.4 Å². The van der Waals surface area contributed by atoms with Crippen molar-refractivity contribution < 1.29 is 14.3 Å². The Bertz CT molecular complexity index is 655. The molecule has 0 amide bonds. The molecule has 0 aliphatic heterocycles. The van der Waals surface area contributed by atoms with Gasteiger partial charge in [0, 0.05) is 6.20 Å². The van der Waals surface area contributed by atoms with Crippen LogP contribution >= 0.6 is 0 Å². The molecule has 0 aromatic carbocycles. The number of carbonyl (C=O) groups is 1. The van der Waals surface area contributed by atoms with Gasteiger partial charge in [-0.1, -0.05) is 0 Å². The Balaban J connectivity index is 2.13. The van der Waals surface area contributed by atoms with Crippen molar-refractivity contribution in [1.29, 1.82) is 5.26 Å². The van der Waals surface area contributed by atoms with Crippen molar-refractivity contribution in [2.45, 2.75) is 13.5 Å². The number of anilines is 1. The quantitative estimate of drug-likeness (QED) is 0.870. The summed E-state index contributed by atoms with van der Waals surface area (Å²) < 4.78 is 5.32. The molecular formula is C13H11N3O3. The van der Waals surface area contributed by atoms with Gasteiger partial charge in [0.25, 0.3) is 0 Å². The largest absolute Gasteiger partial charge is 0.478 e. The van der Waals surface area contributed by atoms with Crippen LogP contribution in [0.3, 0.4) is 0 Å². The summed E-state index contributed by atoms with van der Waals surface area (Å²) in [5, 5.41) is 20.8. The van der Waals surface area contributed by atoms with Crippen molar-refractivity contribution in [3.05, 3.63) is 47.0 Å². The number of hydrogen-bond acceptors (Lipinski definition) is 5. The van der Waals surface area contributed by atoms with E-state index in [1.807, 2.05) is 6.07 Å². The molecule has 2 heterocycles. The molecule has 0 saturated heterocycles. The molecule has 0 saturated carbocycles. The van der Waals surface area contributed by atoms with Crippen LogP contribution in [0.15, 0.2) is 28.8 Å². The Morgan fingerprint density at radius 2 is 2.42 bits per heavy atom. The molecular weight excluding hydrogens is 246 g/mol. The first-order valence-corrected chi connectivity index (χ1v) is 5.53. The highest BCUT2D eigenvalue weighted by Gasteiger charge is 2.13. The van der Waals surface area contributed by atoms with Gasteiger partial charge in [-0.25, -0.2) is 9.78 Å². The first-order chi connectivity index (χ1) is 9.11. The van der Waals surface area contributed by atoms with Crippen LogP contribution in [-0.2, 0) is 6.54 Å². The highest BCUT2D eigenvalue weighted by molar-refractivity contribution is 5.88. The fourth-order valence-corrected chi connectivity index (χ4v) is 1.65. The van der Waals surface area contributed by atoms with Crippen molar-refractivity contribution in [1.82, 2.24) is 4.98 Å². The standard InChI is InChI=1S/C13H11N3O3/c1-8-11(13(17)18)5-10(19-8)7-16-12-9(6-14)3-2-4-15-12/h2-5H,7H2,1H3,(H,15,16)(H,17,18). The molecule has 6 nitrogen and oxygen atoms in total. The lowest BCUT2D eigenvalue weighted by molar-refractivity contribution is 0.0695. The maximum atomic E-state index is 10.9. The third kappa shape index (κ3) is 2.72. The molecule has 0 atom stereocenters. The summed E-state index contributed by atoms with van der Waals surface area (Å²) in [6.45, 7) is 1.86. The van der Waals surface area contributed by atoms with E-state index in [0.717, 1.165) is 0 Å². The Labute approximate surface area is 109 Å². The van der Waals surface area contributed by atoms with E-state index in [0.29, 0.717) is 22.9 Å². The molecule has 96 valence electrons. The maximum Gasteiger partial charge on any atom is 0.339 e. The van der Waals surface area contributed by atoms with Gasteiger partial charge in [-0.2, -0.15) is 5.26 Å². The van der Waals surface area contributed by atoms with Crippen molar-refractivity contribution in [2.75, 3.05) is 5.32 Å². The highest BCUT2D eigenvalue weighted by Crippen LogP contribution is 2.17. The third-order valence-electron chi connectivity index (χ3n) is 2.56. The topological polar surface area (TPSA) is 99.2 Å². The maximum absolute atomic E-state index is 10.9. The molecule has 0 unspecified atom stereocenters. The zero-order valence-corrected chi connectivity index (χ0v) is 10.2. The van der Waals surface area contributed by atoms with Crippen LogP contribution < -0.4 is 5.32 Å². The van der Waals surface area contributed by atoms with Gasteiger partial charge in [0.05, 0.1) is 12.1 Å². The van der Waals surface area contributed by atoms with E-state index in [2.05, 4.69) is 10.3 Å². The van der Waals surface area contributed by atoms with E-state index in [4.69, 9.17) is 14.8 Å². The molecule has 2 aromatic heterocycles. The number of carboxylic acids is 1. The fourth-order valence-electron chi connectivity index (χ4n) is 1.65. The SMILES string of the molecule is Cc1oc(CNc2ncccc2C#N)cc1C(=O)O. The average Bonchev–Trinajstić information content (AvgIpc) is 2.78. The number of aromatic nitrogens is 1. The molecule has 0 spiro atoms. The predicted octanol–water partition coefficient (Wildman–Crippen LogP) is 2.16. The predicted molar refractivity (Wildman–Crippen MR) is 66.7 cm³/mol. The van der Waals surface area contributed by atoms with Gasteiger partial charge in [0.15, 0.2) is 0 Å². The summed E-state index contributed by atoms with van der Waals surface area (Å²) in [6.07, 6.45) is 1.57. The molecule has 19 heavy (non-hydrogen) atoms. The second-order valence-corrected chi connectivity index (χ2v) is 3.85. The van der Waals surface area contributed by atoms with Crippen LogP contribution in [-0.4, -0.2) is 16.1 Å². The van der Waals surface area contributed by atoms with Crippen LogP contribution in [0.25, 0.3) is 0 Å². The van der Waals surface area contributed by atoms with E-state index in [1.165, 1.54) is 6.07 Å². The smallest absolute Gasteiger partial charge is 0.339 e. The Morgan fingerprint density at radius 3 is 3.05 bits per heavy atom. The second kappa shape index (κ2) is 5.23. The minimum Gasteiger partial charge on any atom is -0.478 e. The lowest BCUT2D eigenvalue weighted by atomic mass is 10.2. The number of carboxylic acid groups (broad SMARTS) is 1. The molecule has 0 bridgehead atoms. The first kappa shape index (κ1) is 12.6. The van der Waals surface area contributed by atoms with Crippen molar-refractivity contribution in [2.24, 2.45) is 0 Å². The normalized spacial score (nSPS) is 9.89. The lowest BCUT2D eigenvalue weighted by Crippen LogP contribution is -2.02. The molecule has 2 aromatic rings. The Hall–Kier alpha value is -2.81. The van der Waals surface area contributed by atoms with Crippen molar-refractivity contribution in [3.8, 4) is 6.07 Å². The van der Waals surface area contributed by atoms with E-state index in [1.54, 1.807) is 25.3 Å². The Kier molecular flexibility index (Phi) is 3.48. The number of nitrogens with one attached hydrogen (secondary N) is 1. The number of aromatic carboxylic acids is 1. The minimum absolute atomic E-state index is 0.137. The summed E-state index contributed by atoms with van der Waals surface area (Å²) in [5.74, 6) is 0.245. The van der Waals surface area contributed by atoms with Gasteiger partial charge in [-0.15, -0.1) is 0 Å². The summed E-state index contributed by atoms with van der Waals surface area (Å²) in [5.41, 5.74) is 0.558. The van der Waals surface area contributed by atoms with E-state index in [-0.39, 0.29) is 12.1 Å². The number of pyridine rings is 1. The number of furan rings is 1. The number of hydrogen-bond donors (Lipinski definition) is 2. The van der Waals surface area contributed by atoms with Gasteiger partial charge in [0.2, 0.25) is 0 Å². The van der Waals surface area contributed by atoms with E-state index in [9.17, 15) is 4.79 Å². The Morgan fingerprint density at radius 1 is 1.63 bits per heavy atom. The van der Waals surface area contributed by atoms with Crippen molar-refractivity contribution in [3.63, 3.8) is 0 Å². The van der Waals surface area contributed by atoms with Crippen molar-refractivity contribution >= 4 is 11.8 Å². The summed E-state index contributed by atoms with van der Waals surface area (Å²) in [6, 6.07) is 6.79. The number of aryl methyl sites for hydroxylation is 1. The molecule has 0 aliphatic rings. The van der Waals surface area contributed by atoms with E-state index >= 15 is 0 Å². The van der Waals surface area contributed by atoms with Crippen LogP contribution in [0, 0.1) is 18.3 Å². The van der Waals surface area contributed by atoms with Gasteiger partial charge in [-0.3, -0.25) is 0 Å². The van der Waals surface area contributed by atoms with Gasteiger partial charge >= 0.3 is 5.97 Å². The van der Waals surface area contributed by atoms with Gasteiger partial charge in [-0.05, 0) is 25.1 Å². The van der Waals surface area contributed by atoms with Crippen LogP contribution in [0.5, 0.6) is 0 Å². The molecule has 2 N–H and O–H groups in total. The van der Waals surface area contributed by atoms with Crippen LogP contribution in [0.2, 0.25) is 0 Å².